The summed E-state index contributed by atoms with van der Waals surface area (Å²) in [6.45, 7) is 0.822. The summed E-state index contributed by atoms with van der Waals surface area (Å²) in [5.74, 6) is -0.349. The lowest BCUT2D eigenvalue weighted by molar-refractivity contribution is -0.384. The number of likely N-dealkylation sites (tertiary alicyclic amines) is 1. The minimum absolute atomic E-state index is 0.0266. The Morgan fingerprint density at radius 3 is 2.50 bits per heavy atom. The number of nitrogens with zero attached hydrogens (tertiary/aromatic N) is 2. The Balaban J connectivity index is 2.28. The van der Waals surface area contributed by atoms with Crippen molar-refractivity contribution in [2.45, 2.75) is 18.9 Å². The molecule has 8 heteroatoms. The standard InChI is InChI=1S/C12H12Cl2N2O4/c13-9-5-7(6-10(11(9)14)16(19)20)12(18)15-3-1-8(17)2-4-15/h5-6,8,17H,1-4H2. The number of aliphatic hydroxyl groups excluding tert-OH is 1. The Hall–Kier alpha value is -1.37. The first-order valence-electron chi connectivity index (χ1n) is 6.01. The van der Waals surface area contributed by atoms with Crippen LogP contribution in [0.1, 0.15) is 23.2 Å². The van der Waals surface area contributed by atoms with E-state index in [-0.39, 0.29) is 27.2 Å². The summed E-state index contributed by atoms with van der Waals surface area (Å²) in [4.78, 5) is 24.0. The van der Waals surface area contributed by atoms with Crippen molar-refractivity contribution < 1.29 is 14.8 Å². The molecule has 1 saturated heterocycles. The van der Waals surface area contributed by atoms with Crippen LogP contribution in [0, 0.1) is 10.1 Å². The maximum absolute atomic E-state index is 12.3. The van der Waals surface area contributed by atoms with Gasteiger partial charge in [0.2, 0.25) is 0 Å². The molecule has 1 N–H and O–H groups in total. The third-order valence-corrected chi connectivity index (χ3v) is 4.00. The number of carbonyl (C=O) groups is 1. The molecule has 1 amide bonds. The van der Waals surface area contributed by atoms with Gasteiger partial charge >= 0.3 is 0 Å². The van der Waals surface area contributed by atoms with E-state index in [9.17, 15) is 20.0 Å². The van der Waals surface area contributed by atoms with E-state index in [1.54, 1.807) is 0 Å². The summed E-state index contributed by atoms with van der Waals surface area (Å²) in [7, 11) is 0. The predicted octanol–water partition coefficient (Wildman–Crippen LogP) is 2.50. The molecule has 108 valence electrons. The van der Waals surface area contributed by atoms with Gasteiger partial charge < -0.3 is 10.0 Å². The number of piperidine rings is 1. The van der Waals surface area contributed by atoms with Crippen molar-refractivity contribution in [2.75, 3.05) is 13.1 Å². The van der Waals surface area contributed by atoms with Gasteiger partial charge in [-0.2, -0.15) is 0 Å². The number of amides is 1. The lowest BCUT2D eigenvalue weighted by atomic mass is 10.1. The zero-order valence-corrected chi connectivity index (χ0v) is 11.9. The lowest BCUT2D eigenvalue weighted by Gasteiger charge is -2.29. The second-order valence-electron chi connectivity index (χ2n) is 4.57. The van der Waals surface area contributed by atoms with E-state index in [0.29, 0.717) is 25.9 Å². The Kier molecular flexibility index (Phi) is 4.47. The van der Waals surface area contributed by atoms with Gasteiger partial charge in [0, 0.05) is 24.7 Å². The van der Waals surface area contributed by atoms with Gasteiger partial charge in [0.15, 0.2) is 0 Å². The summed E-state index contributed by atoms with van der Waals surface area (Å²) in [6.07, 6.45) is 0.590. The van der Waals surface area contributed by atoms with E-state index in [1.165, 1.54) is 11.0 Å². The molecule has 0 saturated carbocycles. The van der Waals surface area contributed by atoms with Crippen LogP contribution in [0.15, 0.2) is 12.1 Å². The Bertz CT molecular complexity index is 557. The average molecular weight is 319 g/mol. The third kappa shape index (κ3) is 3.03. The maximum atomic E-state index is 12.3. The van der Waals surface area contributed by atoms with Gasteiger partial charge in [-0.1, -0.05) is 23.2 Å². The molecule has 1 aromatic rings. The molecule has 0 aliphatic carbocycles. The van der Waals surface area contributed by atoms with Crippen LogP contribution >= 0.6 is 23.2 Å². The minimum atomic E-state index is -0.676. The van der Waals surface area contributed by atoms with Crippen molar-refractivity contribution in [1.29, 1.82) is 0 Å². The normalized spacial score (nSPS) is 16.2. The van der Waals surface area contributed by atoms with Gasteiger partial charge in [0.05, 0.1) is 16.0 Å². The van der Waals surface area contributed by atoms with E-state index in [2.05, 4.69) is 0 Å². The van der Waals surface area contributed by atoms with Crippen LogP contribution in [-0.2, 0) is 0 Å². The topological polar surface area (TPSA) is 83.7 Å². The molecule has 1 fully saturated rings. The van der Waals surface area contributed by atoms with Crippen molar-refractivity contribution >= 4 is 34.8 Å². The first kappa shape index (κ1) is 15.0. The van der Waals surface area contributed by atoms with Gasteiger partial charge in [0.25, 0.3) is 11.6 Å². The molecule has 1 aromatic carbocycles. The van der Waals surface area contributed by atoms with Gasteiger partial charge in [0.1, 0.15) is 5.02 Å². The number of halogens is 2. The third-order valence-electron chi connectivity index (χ3n) is 3.20. The first-order chi connectivity index (χ1) is 9.40. The number of hydrogen-bond acceptors (Lipinski definition) is 4. The molecule has 0 radical (unpaired) electrons. The molecule has 6 nitrogen and oxygen atoms in total. The number of nitro benzene ring substituents is 1. The maximum Gasteiger partial charge on any atom is 0.290 e. The summed E-state index contributed by atoms with van der Waals surface area (Å²) < 4.78 is 0. The molecule has 1 aliphatic rings. The quantitative estimate of drug-likeness (QED) is 0.670. The zero-order valence-electron chi connectivity index (χ0n) is 10.4. The van der Waals surface area contributed by atoms with Gasteiger partial charge in [-0.25, -0.2) is 0 Å². The Morgan fingerprint density at radius 2 is 1.95 bits per heavy atom. The second kappa shape index (κ2) is 5.95. The van der Waals surface area contributed by atoms with E-state index >= 15 is 0 Å². The zero-order chi connectivity index (χ0) is 14.9. The molecule has 0 atom stereocenters. The van der Waals surface area contributed by atoms with Crippen LogP contribution < -0.4 is 0 Å². The summed E-state index contributed by atoms with van der Waals surface area (Å²) >= 11 is 11.6. The number of hydrogen-bond donors (Lipinski definition) is 1. The van der Waals surface area contributed by atoms with E-state index < -0.39 is 11.0 Å². The van der Waals surface area contributed by atoms with Crippen LogP contribution in [0.3, 0.4) is 0 Å². The highest BCUT2D eigenvalue weighted by molar-refractivity contribution is 6.43. The fraction of sp³-hybridized carbons (Fsp3) is 0.417. The number of carbonyl (C=O) groups excluding carboxylic acids is 1. The van der Waals surface area contributed by atoms with Crippen LogP contribution in [0.5, 0.6) is 0 Å². The monoisotopic (exact) mass is 318 g/mol. The number of benzene rings is 1. The van der Waals surface area contributed by atoms with Crippen LogP contribution in [0.2, 0.25) is 10.0 Å². The van der Waals surface area contributed by atoms with Gasteiger partial charge in [-0.15, -0.1) is 0 Å². The predicted molar refractivity (Wildman–Crippen MR) is 74.3 cm³/mol. The molecular weight excluding hydrogens is 307 g/mol. The number of nitro groups is 1. The molecule has 1 aliphatic heterocycles. The Morgan fingerprint density at radius 1 is 1.35 bits per heavy atom. The van der Waals surface area contributed by atoms with E-state index in [0.717, 1.165) is 6.07 Å². The summed E-state index contributed by atoms with van der Waals surface area (Å²) in [5.41, 5.74) is -0.262. The van der Waals surface area contributed by atoms with Crippen LogP contribution in [-0.4, -0.2) is 40.0 Å². The van der Waals surface area contributed by atoms with Crippen LogP contribution in [0.25, 0.3) is 0 Å². The average Bonchev–Trinajstić information content (AvgIpc) is 2.41. The SMILES string of the molecule is O=C(c1cc(Cl)c(Cl)c([N+](=O)[O-])c1)N1CCC(O)CC1. The van der Waals surface area contributed by atoms with Gasteiger partial charge in [-0.05, 0) is 18.9 Å². The highest BCUT2D eigenvalue weighted by Crippen LogP contribution is 2.33. The molecular formula is C12H12Cl2N2O4. The first-order valence-corrected chi connectivity index (χ1v) is 6.76. The van der Waals surface area contributed by atoms with Crippen molar-refractivity contribution in [3.05, 3.63) is 37.9 Å². The van der Waals surface area contributed by atoms with Crippen molar-refractivity contribution in [1.82, 2.24) is 4.90 Å². The van der Waals surface area contributed by atoms with Gasteiger partial charge in [-0.3, -0.25) is 14.9 Å². The number of rotatable bonds is 2. The highest BCUT2D eigenvalue weighted by Gasteiger charge is 2.25. The van der Waals surface area contributed by atoms with Crippen LogP contribution in [0.4, 0.5) is 5.69 Å². The van der Waals surface area contributed by atoms with Crippen molar-refractivity contribution in [2.24, 2.45) is 0 Å². The largest absolute Gasteiger partial charge is 0.393 e. The number of aliphatic hydroxyl groups is 1. The second-order valence-corrected chi connectivity index (χ2v) is 5.36. The fourth-order valence-corrected chi connectivity index (χ4v) is 2.47. The molecule has 2 rings (SSSR count). The fourth-order valence-electron chi connectivity index (χ4n) is 2.08. The highest BCUT2D eigenvalue weighted by atomic mass is 35.5. The molecule has 0 spiro atoms. The molecule has 20 heavy (non-hydrogen) atoms. The summed E-state index contributed by atoms with van der Waals surface area (Å²) in [5, 5.41) is 20.1. The molecule has 0 aromatic heterocycles. The molecule has 0 unspecified atom stereocenters. The summed E-state index contributed by atoms with van der Waals surface area (Å²) in [6, 6.07) is 2.45. The van der Waals surface area contributed by atoms with E-state index in [1.807, 2.05) is 0 Å². The van der Waals surface area contributed by atoms with E-state index in [4.69, 9.17) is 23.2 Å². The minimum Gasteiger partial charge on any atom is -0.393 e. The smallest absolute Gasteiger partial charge is 0.290 e. The van der Waals surface area contributed by atoms with Crippen molar-refractivity contribution in [3.8, 4) is 0 Å². The van der Waals surface area contributed by atoms with Crippen molar-refractivity contribution in [3.63, 3.8) is 0 Å². The molecule has 1 heterocycles. The Labute approximate surface area is 125 Å². The molecule has 0 bridgehead atoms. The lowest BCUT2D eigenvalue weighted by Crippen LogP contribution is -2.40.